The van der Waals surface area contributed by atoms with Gasteiger partial charge < -0.3 is 28.4 Å². The van der Waals surface area contributed by atoms with Gasteiger partial charge in [-0.2, -0.15) is 0 Å². The number of ether oxygens (including phenoxy) is 6. The van der Waals surface area contributed by atoms with Crippen LogP contribution in [0.1, 0.15) is 59.8 Å². The minimum absolute atomic E-state index is 0.271. The maximum absolute atomic E-state index is 13.5. The zero-order valence-corrected chi connectivity index (χ0v) is 31.5. The Kier molecular flexibility index (Phi) is 12.4. The van der Waals surface area contributed by atoms with Gasteiger partial charge in [0.25, 0.3) is 0 Å². The van der Waals surface area contributed by atoms with Crippen LogP contribution in [0.25, 0.3) is 0 Å². The van der Waals surface area contributed by atoms with Crippen molar-refractivity contribution in [1.82, 2.24) is 0 Å². The molecule has 54 heavy (non-hydrogen) atoms. The fourth-order valence-corrected chi connectivity index (χ4v) is 7.56. The van der Waals surface area contributed by atoms with Crippen LogP contribution in [0.15, 0.2) is 133 Å². The zero-order chi connectivity index (χ0) is 37.3. The molecule has 2 aliphatic rings. The van der Waals surface area contributed by atoms with E-state index in [9.17, 15) is 4.79 Å². The second kappa shape index (κ2) is 17.8. The highest BCUT2D eigenvalue weighted by atomic mass is 35.5. The molecular formula is C46H47ClO7. The Hall–Kier alpha value is -4.50. The van der Waals surface area contributed by atoms with Crippen molar-refractivity contribution >= 4 is 17.6 Å². The summed E-state index contributed by atoms with van der Waals surface area (Å²) in [7, 11) is 0. The Balaban J connectivity index is 1.29. The molecule has 0 radical (unpaired) electrons. The molecule has 1 aliphatic carbocycles. The van der Waals surface area contributed by atoms with Gasteiger partial charge in [-0.3, -0.25) is 4.79 Å². The third-order valence-electron chi connectivity index (χ3n) is 10.1. The quantitative estimate of drug-likeness (QED) is 0.0932. The van der Waals surface area contributed by atoms with Crippen LogP contribution < -0.4 is 4.74 Å². The summed E-state index contributed by atoms with van der Waals surface area (Å²) in [6, 6.07) is 44.2. The standard InChI is InChI=1S/C46H47ClO7/c1-3-49-38-23-20-32(21-24-38)26-37-27-36(22-25-40(37)47)41-42(51-29-33-14-8-5-9-15-33)43(52-30-34-16-10-6-11-17-34)44(53-31-35-18-12-7-13-19-35)46(54-41)28-39(46)45(48)50-4-2/h5-25,27,39,41-44H,3-4,26,28-31H2,1-2H3/t39?,41-,42-,43+,44-,46?/m0/s1. The van der Waals surface area contributed by atoms with E-state index in [1.165, 1.54) is 0 Å². The van der Waals surface area contributed by atoms with Crippen LogP contribution in [0.3, 0.4) is 0 Å². The van der Waals surface area contributed by atoms with E-state index in [0.717, 1.165) is 39.1 Å². The van der Waals surface area contributed by atoms with Crippen LogP contribution in [0.2, 0.25) is 5.02 Å². The number of esters is 1. The second-order valence-corrected chi connectivity index (χ2v) is 14.3. The van der Waals surface area contributed by atoms with Crippen LogP contribution in [0, 0.1) is 5.92 Å². The summed E-state index contributed by atoms with van der Waals surface area (Å²) in [4.78, 5) is 13.5. The summed E-state index contributed by atoms with van der Waals surface area (Å²) >= 11 is 6.88. The van der Waals surface area contributed by atoms with Gasteiger partial charge in [-0.25, -0.2) is 0 Å². The number of hydrogen-bond acceptors (Lipinski definition) is 7. The molecule has 8 heteroatoms. The Labute approximate surface area is 323 Å². The third-order valence-corrected chi connectivity index (χ3v) is 10.5. The molecule has 0 amide bonds. The molecule has 6 atom stereocenters. The normalized spacial score (nSPS) is 23.2. The average Bonchev–Trinajstić information content (AvgIpc) is 3.93. The molecule has 1 saturated heterocycles. The first-order valence-electron chi connectivity index (χ1n) is 18.8. The smallest absolute Gasteiger partial charge is 0.312 e. The van der Waals surface area contributed by atoms with Crippen molar-refractivity contribution in [2.24, 2.45) is 5.92 Å². The highest BCUT2D eigenvalue weighted by Gasteiger charge is 2.72. The van der Waals surface area contributed by atoms with Gasteiger partial charge in [-0.15, -0.1) is 0 Å². The molecular weight excluding hydrogens is 700 g/mol. The lowest BCUT2D eigenvalue weighted by atomic mass is 9.87. The van der Waals surface area contributed by atoms with Crippen LogP contribution in [-0.4, -0.2) is 43.1 Å². The molecule has 7 nitrogen and oxygen atoms in total. The predicted octanol–water partition coefficient (Wildman–Crippen LogP) is 9.48. The summed E-state index contributed by atoms with van der Waals surface area (Å²) in [6.45, 7) is 5.61. The number of hydrogen-bond donors (Lipinski definition) is 0. The average molecular weight is 747 g/mol. The van der Waals surface area contributed by atoms with Crippen molar-refractivity contribution in [1.29, 1.82) is 0 Å². The van der Waals surface area contributed by atoms with Gasteiger partial charge in [-0.05, 0) is 78.3 Å². The summed E-state index contributed by atoms with van der Waals surface area (Å²) in [5.41, 5.74) is 4.95. The molecule has 1 heterocycles. The first kappa shape index (κ1) is 37.8. The summed E-state index contributed by atoms with van der Waals surface area (Å²) in [5, 5.41) is 0.650. The zero-order valence-electron chi connectivity index (χ0n) is 30.8. The Morgan fingerprint density at radius 2 is 1.26 bits per heavy atom. The minimum atomic E-state index is -1.01. The fourth-order valence-electron chi connectivity index (χ4n) is 7.37. The lowest BCUT2D eigenvalue weighted by Crippen LogP contribution is -2.59. The fraction of sp³-hybridized carbons (Fsp3) is 0.326. The van der Waals surface area contributed by atoms with E-state index >= 15 is 0 Å². The predicted molar refractivity (Wildman–Crippen MR) is 208 cm³/mol. The van der Waals surface area contributed by atoms with Gasteiger partial charge in [0, 0.05) is 5.02 Å². The van der Waals surface area contributed by atoms with Crippen LogP contribution >= 0.6 is 11.6 Å². The Morgan fingerprint density at radius 3 is 1.83 bits per heavy atom. The number of carbonyl (C=O) groups excluding carboxylic acids is 1. The van der Waals surface area contributed by atoms with E-state index in [1.807, 2.05) is 129 Å². The van der Waals surface area contributed by atoms with Crippen molar-refractivity contribution < 1.29 is 33.2 Å². The molecule has 2 fully saturated rings. The molecule has 1 saturated carbocycles. The Morgan fingerprint density at radius 1 is 0.685 bits per heavy atom. The van der Waals surface area contributed by atoms with Crippen LogP contribution in [0.4, 0.5) is 0 Å². The summed E-state index contributed by atoms with van der Waals surface area (Å²) in [5.74, 6) is -0.0110. The van der Waals surface area contributed by atoms with E-state index in [2.05, 4.69) is 18.2 Å². The first-order valence-corrected chi connectivity index (χ1v) is 19.2. The molecule has 0 N–H and O–H groups in total. The summed E-state index contributed by atoms with van der Waals surface area (Å²) < 4.78 is 39.2. The topological polar surface area (TPSA) is 72.5 Å². The van der Waals surface area contributed by atoms with Crippen molar-refractivity contribution in [2.75, 3.05) is 13.2 Å². The molecule has 1 spiro atoms. The number of carbonyl (C=O) groups is 1. The molecule has 7 rings (SSSR count). The largest absolute Gasteiger partial charge is 0.494 e. The number of benzene rings is 5. The van der Waals surface area contributed by atoms with E-state index in [1.54, 1.807) is 0 Å². The van der Waals surface area contributed by atoms with Gasteiger partial charge in [0.15, 0.2) is 0 Å². The van der Waals surface area contributed by atoms with E-state index < -0.39 is 35.9 Å². The van der Waals surface area contributed by atoms with Gasteiger partial charge in [0.2, 0.25) is 0 Å². The minimum Gasteiger partial charge on any atom is -0.494 e. The van der Waals surface area contributed by atoms with Crippen molar-refractivity contribution in [3.05, 3.63) is 172 Å². The molecule has 2 unspecified atom stereocenters. The SMILES string of the molecule is CCOC(=O)C1CC12O[C@@H](c1ccc(Cl)c(Cc3ccc(OCC)cc3)c1)[C@H](OCc1ccccc1)[C@@H](OCc1ccccc1)[C@@H]2OCc1ccccc1. The van der Waals surface area contributed by atoms with Crippen molar-refractivity contribution in [3.8, 4) is 5.75 Å². The van der Waals surface area contributed by atoms with Gasteiger partial charge >= 0.3 is 5.97 Å². The number of rotatable bonds is 16. The molecule has 0 aromatic heterocycles. The highest BCUT2D eigenvalue weighted by molar-refractivity contribution is 6.31. The van der Waals surface area contributed by atoms with Crippen molar-refractivity contribution in [3.63, 3.8) is 0 Å². The monoisotopic (exact) mass is 746 g/mol. The van der Waals surface area contributed by atoms with Crippen LogP contribution in [-0.2, 0) is 54.7 Å². The lowest BCUT2D eigenvalue weighted by Gasteiger charge is -2.47. The van der Waals surface area contributed by atoms with Gasteiger partial charge in [0.05, 0.1) is 39.0 Å². The third kappa shape index (κ3) is 8.89. The molecule has 5 aromatic carbocycles. The van der Waals surface area contributed by atoms with Gasteiger partial charge in [0.1, 0.15) is 35.8 Å². The summed E-state index contributed by atoms with van der Waals surface area (Å²) in [6.07, 6.45) is -1.48. The maximum Gasteiger partial charge on any atom is 0.312 e. The molecule has 280 valence electrons. The van der Waals surface area contributed by atoms with Crippen molar-refractivity contribution in [2.45, 2.75) is 76.5 Å². The highest BCUT2D eigenvalue weighted by Crippen LogP contribution is 2.59. The Bertz CT molecular complexity index is 1940. The van der Waals surface area contributed by atoms with E-state index in [0.29, 0.717) is 44.3 Å². The first-order chi connectivity index (χ1) is 26.5. The van der Waals surface area contributed by atoms with Gasteiger partial charge in [-0.1, -0.05) is 127 Å². The molecule has 1 aliphatic heterocycles. The van der Waals surface area contributed by atoms with E-state index in [4.69, 9.17) is 40.0 Å². The second-order valence-electron chi connectivity index (χ2n) is 13.8. The van der Waals surface area contributed by atoms with E-state index in [-0.39, 0.29) is 12.6 Å². The lowest BCUT2D eigenvalue weighted by molar-refractivity contribution is -0.280. The van der Waals surface area contributed by atoms with Crippen LogP contribution in [0.5, 0.6) is 5.75 Å². The maximum atomic E-state index is 13.5. The molecule has 5 aromatic rings. The molecule has 0 bridgehead atoms. The number of halogens is 1.